The first-order valence-electron chi connectivity index (χ1n) is 1.84. The Morgan fingerprint density at radius 3 is 0.500 bits per heavy atom. The molecule has 0 radical (unpaired) electrons. The van der Waals surface area contributed by atoms with Gasteiger partial charge in [0.25, 0.3) is 0 Å². The fraction of sp³-hybridized carbons (Fsp3) is 0. The molecule has 0 amide bonds. The molecule has 9 nitrogen and oxygen atoms in total. The summed E-state index contributed by atoms with van der Waals surface area (Å²) in [4.78, 5) is 0. The van der Waals surface area contributed by atoms with Gasteiger partial charge in [0.05, 0.1) is 0 Å². The molecule has 0 aliphatic rings. The number of rotatable bonds is 0. The van der Waals surface area contributed by atoms with E-state index in [0.29, 0.717) is 0 Å². The Morgan fingerprint density at radius 1 is 0.500 bits per heavy atom. The summed E-state index contributed by atoms with van der Waals surface area (Å²) in [6.07, 6.45) is 0. The topological polar surface area (TPSA) is 190 Å². The van der Waals surface area contributed by atoms with Crippen molar-refractivity contribution in [3.8, 4) is 0 Å². The van der Waals surface area contributed by atoms with Crippen molar-refractivity contribution >= 4 is 44.9 Å². The second-order valence-corrected chi connectivity index (χ2v) is 3.90. The van der Waals surface area contributed by atoms with Gasteiger partial charge < -0.3 is 0 Å². The van der Waals surface area contributed by atoms with Crippen molar-refractivity contribution in [1.29, 1.82) is 0 Å². The summed E-state index contributed by atoms with van der Waals surface area (Å²) in [7, 11) is 0. The first kappa shape index (κ1) is 29.8. The van der Waals surface area contributed by atoms with E-state index in [2.05, 4.69) is 0 Å². The van der Waals surface area contributed by atoms with Crippen LogP contribution in [-0.2, 0) is 11.3 Å². The molecule has 0 aromatic heterocycles. The minimum atomic E-state index is -4.08. The van der Waals surface area contributed by atoms with Crippen LogP contribution < -0.4 is 24.8 Å². The summed E-state index contributed by atoms with van der Waals surface area (Å²) in [5.74, 6) is 0. The Balaban J connectivity index is -0.0000000270. The summed E-state index contributed by atoms with van der Waals surface area (Å²) in [6, 6.07) is 0. The van der Waals surface area contributed by atoms with E-state index in [9.17, 15) is 0 Å². The van der Waals surface area contributed by atoms with Crippen LogP contribution in [0.3, 0.4) is 0 Å². The zero-order chi connectivity index (χ0) is 10.7. The van der Waals surface area contributed by atoms with E-state index >= 15 is 0 Å². The average molecular weight is 640 g/mol. The Morgan fingerprint density at radius 2 is 0.500 bits per heavy atom. The summed E-state index contributed by atoms with van der Waals surface area (Å²) in [5, 5.41) is 0. The second-order valence-electron chi connectivity index (χ2n) is 0.750. The van der Waals surface area contributed by atoms with E-state index in [4.69, 9.17) is 36.1 Å². The van der Waals surface area contributed by atoms with E-state index < -0.39 is 44.9 Å². The second kappa shape index (κ2) is 24.4. The SMILES string of the molecule is [La+3].[La+3].[O]=[Ge]([O-])[O-].[O]=[Ge]([O-])[O-].[O]=[Ge]([O-])[O-]. The first-order valence-corrected chi connectivity index (χ1v) is 9.55. The molecular weight excluding hydrogens is 640 g/mol. The summed E-state index contributed by atoms with van der Waals surface area (Å²) in [5.41, 5.74) is 0. The molecule has 0 atom stereocenters. The minimum absolute atomic E-state index is 0. The van der Waals surface area contributed by atoms with Crippen LogP contribution in [0.15, 0.2) is 0 Å². The van der Waals surface area contributed by atoms with Crippen molar-refractivity contribution in [2.24, 2.45) is 0 Å². The van der Waals surface area contributed by atoms with Crippen molar-refractivity contribution in [3.05, 3.63) is 0 Å². The fourth-order valence-electron chi connectivity index (χ4n) is 0. The molecule has 0 unspecified atom stereocenters. The summed E-state index contributed by atoms with van der Waals surface area (Å²) in [6.45, 7) is 0. The molecule has 0 bridgehead atoms. The fourth-order valence-corrected chi connectivity index (χ4v) is 0. The molecule has 0 aliphatic heterocycles. The van der Waals surface area contributed by atoms with Gasteiger partial charge in [-0.2, -0.15) is 0 Å². The van der Waals surface area contributed by atoms with Gasteiger partial charge in [0.2, 0.25) is 0 Å². The maximum absolute atomic E-state index is 8.58. The van der Waals surface area contributed by atoms with Crippen LogP contribution in [0.2, 0.25) is 0 Å². The van der Waals surface area contributed by atoms with Gasteiger partial charge in [-0.25, -0.2) is 0 Å². The van der Waals surface area contributed by atoms with Crippen molar-refractivity contribution < 1.29 is 107 Å². The molecule has 0 N–H and O–H groups in total. The predicted octanol–water partition coefficient (Wildman–Crippen LogP) is -8.63. The van der Waals surface area contributed by atoms with Gasteiger partial charge in [-0.05, 0) is 0 Å². The molecule has 0 saturated heterocycles. The first-order chi connectivity index (χ1) is 5.20. The summed E-state index contributed by atoms with van der Waals surface area (Å²) >= 11 is -12.2. The van der Waals surface area contributed by atoms with E-state index in [0.717, 1.165) is 0 Å². The van der Waals surface area contributed by atoms with Crippen molar-refractivity contribution in [2.45, 2.75) is 0 Å². The van der Waals surface area contributed by atoms with Crippen LogP contribution in [0, 0.1) is 71.2 Å². The molecule has 0 rings (SSSR count). The van der Waals surface area contributed by atoms with Crippen molar-refractivity contribution in [2.75, 3.05) is 0 Å². The van der Waals surface area contributed by atoms with E-state index in [-0.39, 0.29) is 71.2 Å². The monoisotopic (exact) mass is 644 g/mol. The molecule has 0 spiro atoms. The third-order valence-electron chi connectivity index (χ3n) is 0. The molecule has 72 valence electrons. The Bertz CT molecular complexity index is 116. The van der Waals surface area contributed by atoms with Gasteiger partial charge in [0, 0.05) is 0 Å². The molecule has 0 saturated carbocycles. The van der Waals surface area contributed by atoms with Gasteiger partial charge >= 0.3 is 152 Å². The van der Waals surface area contributed by atoms with Crippen molar-refractivity contribution in [3.63, 3.8) is 0 Å². The molecule has 0 aromatic carbocycles. The van der Waals surface area contributed by atoms with Gasteiger partial charge in [-0.15, -0.1) is 0 Å². The van der Waals surface area contributed by atoms with Crippen LogP contribution in [0.4, 0.5) is 0 Å². The molecule has 0 fully saturated rings. The van der Waals surface area contributed by atoms with Crippen LogP contribution in [0.1, 0.15) is 0 Å². The van der Waals surface area contributed by atoms with Crippen LogP contribution in [-0.4, -0.2) is 44.9 Å². The van der Waals surface area contributed by atoms with E-state index in [1.54, 1.807) is 0 Å². The average Bonchev–Trinajstić information content (AvgIpc) is 1.54. The molecule has 14 heavy (non-hydrogen) atoms. The standard InChI is InChI=1S/3GeO3.2La/c3*2-1(3)4;;/q3*-2;2*+3. The third-order valence-corrected chi connectivity index (χ3v) is 0. The van der Waals surface area contributed by atoms with Gasteiger partial charge in [-0.3, -0.25) is 0 Å². The number of hydrogen-bond acceptors (Lipinski definition) is 9. The van der Waals surface area contributed by atoms with Crippen LogP contribution in [0.5, 0.6) is 0 Å². The molecular formula is Ge3La2O9. The summed E-state index contributed by atoms with van der Waals surface area (Å²) < 4.78 is 77.2. The van der Waals surface area contributed by atoms with Crippen LogP contribution >= 0.6 is 0 Å². The Labute approximate surface area is 149 Å². The number of hydrogen-bond donors (Lipinski definition) is 0. The van der Waals surface area contributed by atoms with Crippen LogP contribution in [0.25, 0.3) is 0 Å². The van der Waals surface area contributed by atoms with Gasteiger partial charge in [0.15, 0.2) is 0 Å². The third kappa shape index (κ3) is 505. The molecule has 0 heterocycles. The van der Waals surface area contributed by atoms with Gasteiger partial charge in [0.1, 0.15) is 0 Å². The zero-order valence-corrected chi connectivity index (χ0v) is 19.9. The normalized spacial score (nSPS) is 5.14. The molecule has 14 heteroatoms. The maximum atomic E-state index is 8.58. The van der Waals surface area contributed by atoms with Crippen molar-refractivity contribution in [1.82, 2.24) is 0 Å². The van der Waals surface area contributed by atoms with Gasteiger partial charge in [-0.1, -0.05) is 0 Å². The molecule has 0 aliphatic carbocycles. The Hall–Kier alpha value is 2.22. The van der Waals surface area contributed by atoms with E-state index in [1.165, 1.54) is 0 Å². The predicted molar refractivity (Wildman–Crippen MR) is 19.3 cm³/mol. The Kier molecular flexibility index (Phi) is 52.1. The van der Waals surface area contributed by atoms with E-state index in [1.807, 2.05) is 0 Å². The zero-order valence-electron chi connectivity index (χ0n) is 6.33. The molecule has 0 aromatic rings. The quantitative estimate of drug-likeness (QED) is 0.232.